The Labute approximate surface area is 685 Å². The molecule has 0 spiro atoms. The van der Waals surface area contributed by atoms with E-state index in [1.54, 1.807) is 6.20 Å². The lowest BCUT2D eigenvalue weighted by Gasteiger charge is -2.28. The van der Waals surface area contributed by atoms with Crippen molar-refractivity contribution in [1.82, 2.24) is 95.4 Å². The number of carbonyl (C=O) groups excluding carboxylic acids is 11. The lowest BCUT2D eigenvalue weighted by molar-refractivity contribution is -0.136. The number of nitrogens with one attached hydrogen (secondary N) is 24. The van der Waals surface area contributed by atoms with Crippen LogP contribution in [0.15, 0.2) is 16.7 Å². The molecule has 0 aliphatic heterocycles. The molecule has 0 aliphatic carbocycles. The molecule has 0 saturated carbocycles. The van der Waals surface area contributed by atoms with Gasteiger partial charge in [0.2, 0.25) is 59.1 Å². The maximum atomic E-state index is 14.8. The molecule has 0 radical (unpaired) electrons. The van der Waals surface area contributed by atoms with Crippen molar-refractivity contribution in [2.75, 3.05) is 71.2 Å². The van der Waals surface area contributed by atoms with E-state index in [0.717, 1.165) is 9.17 Å². The van der Waals surface area contributed by atoms with Gasteiger partial charge in [0.25, 0.3) is 5.91 Å². The Hall–Kier alpha value is -11.6. The molecule has 0 aliphatic rings. The van der Waals surface area contributed by atoms with Crippen LogP contribution in [-0.4, -0.2) is 225 Å². The summed E-state index contributed by atoms with van der Waals surface area (Å²) in [6.45, 7) is 1.33. The number of nitrogen functional groups attached to an aromatic ring is 1. The van der Waals surface area contributed by atoms with Crippen LogP contribution in [0.25, 0.3) is 10.2 Å². The Morgan fingerprint density at radius 1 is 0.345 bits per heavy atom. The minimum absolute atomic E-state index is 0.00562. The fraction of sp³-hybridized carbons (Fsp3) is 0.632. The standard InChI is InChI=1S/C68H124BrN35O11S/c69-38-36-47-51(96-37-38)50(71)52(116-47)61(115)88-28-8-2-4-24-48(105)97-40(17-9-29-89-62(73)74)54(108)87-27-7-1-3-25-49(106)98-41(18-10-30-90-63(75)76)55(109)100-43(20-12-32-92-65(79)80)57(111)102-45(22-14-34-94-67(83)84)59(113)104-46(23-15-35-95-68(85)86)60(114)103-44(21-13-33-93-66(81)82)58(112)101-42(19-11-31-91-64(77)78)56(110)99-39(53(72)107)16-5-6-26-70/h36-37,39-46H,1-35,70-71H2,(H2,72,107)(H,87,108)(H,88,115)(H,97,105)(H,98,106)(H,99,110)(H,100,109)(H,101,112)(H,102,111)(H,103,114)(H,104,113)(H4,73,74,89)(H4,75,76,90)(H4,77,78,91)(H4,79,80,92)(H4,81,82,93)(H4,83,84,94)(H4,85,86,95)/t39-,40-,41-,42?,43?,44-,45-,46?/m1/s1. The van der Waals surface area contributed by atoms with Gasteiger partial charge in [-0.2, -0.15) is 0 Å². The molecule has 44 N–H and O–H groups in total. The van der Waals surface area contributed by atoms with Gasteiger partial charge >= 0.3 is 0 Å². The largest absolute Gasteiger partial charge is 0.396 e. The first kappa shape index (κ1) is 100. The van der Waals surface area contributed by atoms with Crippen LogP contribution in [0.3, 0.4) is 0 Å². The third kappa shape index (κ3) is 44.8. The van der Waals surface area contributed by atoms with Crippen molar-refractivity contribution in [1.29, 1.82) is 37.9 Å². The number of thiophene rings is 1. The first-order chi connectivity index (χ1) is 55.1. The molecule has 0 saturated heterocycles. The number of carbonyl (C=O) groups is 11. The molecule has 2 heterocycles. The number of halogens is 1. The number of primary amides is 1. The average Bonchev–Trinajstić information content (AvgIpc) is 1.65. The summed E-state index contributed by atoms with van der Waals surface area (Å²) in [6, 6.07) is -8.94. The van der Waals surface area contributed by atoms with Crippen LogP contribution in [0.4, 0.5) is 5.69 Å². The Kier molecular flexibility index (Phi) is 49.8. The number of nitrogens with two attached hydrogens (primary N) is 10. The van der Waals surface area contributed by atoms with E-state index in [4.69, 9.17) is 95.2 Å². The highest BCUT2D eigenvalue weighted by Crippen LogP contribution is 2.33. The number of hydrogen-bond acceptors (Lipinski definition) is 22. The Morgan fingerprint density at radius 3 is 0.922 bits per heavy atom. The predicted octanol–water partition coefficient (Wildman–Crippen LogP) is -6.06. The molecule has 116 heavy (non-hydrogen) atoms. The Bertz CT molecular complexity index is 3590. The molecule has 8 atom stereocenters. The molecule has 650 valence electrons. The van der Waals surface area contributed by atoms with E-state index in [9.17, 15) is 52.7 Å². The molecule has 48 heteroatoms. The van der Waals surface area contributed by atoms with Crippen LogP contribution >= 0.6 is 27.3 Å². The van der Waals surface area contributed by atoms with Gasteiger partial charge < -0.3 is 148 Å². The molecule has 2 aromatic rings. The van der Waals surface area contributed by atoms with Gasteiger partial charge in [-0.05, 0) is 163 Å². The molecular formula is C68H124BrN35O11S. The van der Waals surface area contributed by atoms with Crippen molar-refractivity contribution in [3.63, 3.8) is 0 Å². The van der Waals surface area contributed by atoms with E-state index in [0.29, 0.717) is 80.5 Å². The van der Waals surface area contributed by atoms with Gasteiger partial charge in [0, 0.05) is 82.4 Å². The van der Waals surface area contributed by atoms with E-state index in [-0.39, 0.29) is 191 Å². The van der Waals surface area contributed by atoms with Gasteiger partial charge in [0.05, 0.1) is 10.4 Å². The average molecular weight is 1720 g/mol. The van der Waals surface area contributed by atoms with E-state index in [1.165, 1.54) is 11.3 Å². The summed E-state index contributed by atoms with van der Waals surface area (Å²) in [4.78, 5) is 158. The van der Waals surface area contributed by atoms with Crippen molar-refractivity contribution in [3.8, 4) is 0 Å². The fourth-order valence-corrected chi connectivity index (χ4v) is 13.0. The summed E-state index contributed by atoms with van der Waals surface area (Å²) >= 11 is 4.61. The van der Waals surface area contributed by atoms with Gasteiger partial charge in [-0.3, -0.25) is 95.6 Å². The number of hydrogen-bond donors (Lipinski definition) is 34. The number of pyridine rings is 1. The number of anilines is 1. The molecular weight excluding hydrogens is 1590 g/mol. The van der Waals surface area contributed by atoms with Crippen molar-refractivity contribution in [2.24, 2.45) is 51.6 Å². The molecule has 46 nitrogen and oxygen atoms in total. The van der Waals surface area contributed by atoms with Crippen LogP contribution in [0, 0.1) is 37.9 Å². The molecule has 0 aromatic carbocycles. The van der Waals surface area contributed by atoms with Crippen LogP contribution < -0.4 is 148 Å². The second-order valence-corrected chi connectivity index (χ2v) is 29.2. The van der Waals surface area contributed by atoms with E-state index < -0.39 is 125 Å². The maximum absolute atomic E-state index is 14.8. The normalized spacial score (nSPS) is 12.9. The minimum atomic E-state index is -1.53. The van der Waals surface area contributed by atoms with Crippen molar-refractivity contribution in [3.05, 3.63) is 21.6 Å². The van der Waals surface area contributed by atoms with Crippen molar-refractivity contribution in [2.45, 2.75) is 209 Å². The summed E-state index contributed by atoms with van der Waals surface area (Å²) in [7, 11) is 0. The van der Waals surface area contributed by atoms with Crippen LogP contribution in [0.5, 0.6) is 0 Å². The molecule has 2 rings (SSSR count). The van der Waals surface area contributed by atoms with Gasteiger partial charge in [-0.1, -0.05) is 12.8 Å². The van der Waals surface area contributed by atoms with Crippen LogP contribution in [-0.2, 0) is 47.9 Å². The summed E-state index contributed by atoms with van der Waals surface area (Å²) < 4.78 is 1.52. The van der Waals surface area contributed by atoms with Gasteiger partial charge in [0.15, 0.2) is 41.7 Å². The Balaban J connectivity index is 2.39. The first-order valence-electron chi connectivity index (χ1n) is 38.5. The monoisotopic (exact) mass is 1720 g/mol. The second-order valence-electron chi connectivity index (χ2n) is 27.2. The van der Waals surface area contributed by atoms with E-state index in [1.807, 2.05) is 6.07 Å². The molecule has 11 amide bonds. The Morgan fingerprint density at radius 2 is 0.621 bits per heavy atom. The molecule has 0 bridgehead atoms. The quantitative estimate of drug-likeness (QED) is 0.0166. The fourth-order valence-electron chi connectivity index (χ4n) is 11.5. The van der Waals surface area contributed by atoms with Gasteiger partial charge in [-0.25, -0.2) is 0 Å². The lowest BCUT2D eigenvalue weighted by Crippen LogP contribution is -2.60. The number of nitrogens with zero attached hydrogens (tertiary/aromatic N) is 1. The number of rotatable bonds is 61. The van der Waals surface area contributed by atoms with Gasteiger partial charge in [0.1, 0.15) is 58.7 Å². The highest BCUT2D eigenvalue weighted by Gasteiger charge is 2.35. The zero-order chi connectivity index (χ0) is 86.5. The summed E-state index contributed by atoms with van der Waals surface area (Å²) in [5.74, 6) is -10.6. The number of guanidine groups is 7. The lowest BCUT2D eigenvalue weighted by atomic mass is 10.0. The summed E-state index contributed by atoms with van der Waals surface area (Å²) in [6.07, 6.45) is 5.75. The number of unbranched alkanes of at least 4 members (excludes halogenated alkanes) is 5. The number of amides is 11. The van der Waals surface area contributed by atoms with E-state index >= 15 is 0 Å². The molecule has 3 unspecified atom stereocenters. The second kappa shape index (κ2) is 57.4. The zero-order valence-corrected chi connectivity index (χ0v) is 67.9. The third-order valence-corrected chi connectivity index (χ3v) is 19.0. The SMILES string of the molecule is N=C(N)NCCCC(NC(=O)[C@@H](CCCNC(=N)N)NC(=O)CCCCCNC(=O)[C@@H](CCCNC(=N)N)NC(=O)CCCCCNC(=O)c1sc2cc(Br)cnc2c1N)C(=O)N[C@H](CCCNC(=N)N)C(=O)NC(CCCNC(=N)N)C(=O)N[C@H](CCCNC(=N)N)C(=O)NC(CCCNC(=N)N)C(=O)N[C@H](CCCCN)C(N)=O. The number of fused-ring (bicyclic) bond motifs is 1. The maximum Gasteiger partial charge on any atom is 0.263 e. The molecule has 2 aromatic heterocycles. The smallest absolute Gasteiger partial charge is 0.263 e. The zero-order valence-electron chi connectivity index (χ0n) is 65.5. The van der Waals surface area contributed by atoms with Crippen LogP contribution in [0.2, 0.25) is 0 Å². The first-order valence-corrected chi connectivity index (χ1v) is 40.1. The highest BCUT2D eigenvalue weighted by molar-refractivity contribution is 9.10. The topological polar surface area (TPSA) is 832 Å². The van der Waals surface area contributed by atoms with Crippen LogP contribution in [0.1, 0.15) is 170 Å². The van der Waals surface area contributed by atoms with Crippen molar-refractivity contribution < 1.29 is 52.7 Å². The predicted molar refractivity (Wildman–Crippen MR) is 446 cm³/mol. The number of aromatic nitrogens is 1. The van der Waals surface area contributed by atoms with Gasteiger partial charge in [-0.15, -0.1) is 11.3 Å². The third-order valence-electron chi connectivity index (χ3n) is 17.5. The molecule has 0 fully saturated rings. The summed E-state index contributed by atoms with van der Waals surface area (Å²) in [5, 5.41) is 99.1. The van der Waals surface area contributed by atoms with E-state index in [2.05, 4.69) is 111 Å². The minimum Gasteiger partial charge on any atom is -0.396 e. The summed E-state index contributed by atoms with van der Waals surface area (Å²) in [5.41, 5.74) is 57.0. The van der Waals surface area contributed by atoms with Crippen molar-refractivity contribution >= 4 is 150 Å². The highest BCUT2D eigenvalue weighted by atomic mass is 79.9.